The molecule has 130 valence electrons. The van der Waals surface area contributed by atoms with Crippen molar-refractivity contribution in [2.75, 3.05) is 0 Å². The first kappa shape index (κ1) is 16.5. The SMILES string of the molecule is N#Cc1ccc2c(c1)Oc1ccccc1C(c1ccc(C(=O)NO)cc1)=N2. The molecule has 27 heavy (non-hydrogen) atoms. The van der Waals surface area contributed by atoms with Gasteiger partial charge >= 0.3 is 0 Å². The van der Waals surface area contributed by atoms with Crippen LogP contribution in [0.4, 0.5) is 5.69 Å². The number of carbonyl (C=O) groups is 1. The van der Waals surface area contributed by atoms with Crippen LogP contribution in [0.3, 0.4) is 0 Å². The minimum Gasteiger partial charge on any atom is -0.454 e. The van der Waals surface area contributed by atoms with Gasteiger partial charge < -0.3 is 4.74 Å². The lowest BCUT2D eigenvalue weighted by atomic mass is 10.00. The molecule has 0 saturated heterocycles. The Morgan fingerprint density at radius 1 is 1.04 bits per heavy atom. The third kappa shape index (κ3) is 3.03. The van der Waals surface area contributed by atoms with Gasteiger partial charge in [0.2, 0.25) is 0 Å². The summed E-state index contributed by atoms with van der Waals surface area (Å²) in [7, 11) is 0. The van der Waals surface area contributed by atoms with Gasteiger partial charge in [0.25, 0.3) is 5.91 Å². The van der Waals surface area contributed by atoms with Crippen molar-refractivity contribution in [1.82, 2.24) is 5.48 Å². The highest BCUT2D eigenvalue weighted by Crippen LogP contribution is 2.39. The molecular weight excluding hydrogens is 342 g/mol. The Labute approximate surface area is 154 Å². The van der Waals surface area contributed by atoms with E-state index in [1.165, 1.54) is 0 Å². The molecular formula is C21H13N3O3. The molecule has 3 aromatic carbocycles. The standard InChI is InChI=1S/C21H13N3O3/c22-12-13-5-10-17-19(11-13)27-18-4-2-1-3-16(18)20(23-17)14-6-8-15(9-7-14)21(25)24-26/h1-11,26H,(H,24,25). The van der Waals surface area contributed by atoms with Crippen molar-refractivity contribution in [3.05, 3.63) is 89.0 Å². The van der Waals surface area contributed by atoms with Crippen LogP contribution < -0.4 is 10.2 Å². The van der Waals surface area contributed by atoms with Crippen molar-refractivity contribution in [3.63, 3.8) is 0 Å². The first-order valence-electron chi connectivity index (χ1n) is 8.14. The van der Waals surface area contributed by atoms with Gasteiger partial charge in [-0.1, -0.05) is 24.3 Å². The predicted molar refractivity (Wildman–Crippen MR) is 98.7 cm³/mol. The zero-order valence-electron chi connectivity index (χ0n) is 14.0. The third-order valence-electron chi connectivity index (χ3n) is 4.21. The number of benzene rings is 3. The summed E-state index contributed by atoms with van der Waals surface area (Å²) in [6.45, 7) is 0. The summed E-state index contributed by atoms with van der Waals surface area (Å²) in [6.07, 6.45) is 0. The van der Waals surface area contributed by atoms with E-state index in [4.69, 9.17) is 20.2 Å². The van der Waals surface area contributed by atoms with Gasteiger partial charge in [-0.25, -0.2) is 10.5 Å². The number of amides is 1. The highest BCUT2D eigenvalue weighted by Gasteiger charge is 2.20. The first-order chi connectivity index (χ1) is 13.2. The Bertz CT molecular complexity index is 1110. The van der Waals surface area contributed by atoms with Crippen LogP contribution in [-0.2, 0) is 0 Å². The predicted octanol–water partition coefficient (Wildman–Crippen LogP) is 3.95. The summed E-state index contributed by atoms with van der Waals surface area (Å²) in [5.74, 6) is 0.553. The average Bonchev–Trinajstić information content (AvgIpc) is 2.89. The molecule has 0 aromatic heterocycles. The smallest absolute Gasteiger partial charge is 0.274 e. The molecule has 0 atom stereocenters. The summed E-state index contributed by atoms with van der Waals surface area (Å²) in [4.78, 5) is 16.3. The normalized spacial score (nSPS) is 11.8. The fourth-order valence-corrected chi connectivity index (χ4v) is 2.87. The number of hydrogen-bond acceptors (Lipinski definition) is 5. The average molecular weight is 355 g/mol. The quantitative estimate of drug-likeness (QED) is 0.420. The second-order valence-electron chi connectivity index (χ2n) is 5.87. The number of hydrogen-bond donors (Lipinski definition) is 2. The van der Waals surface area contributed by atoms with Gasteiger partial charge in [0.15, 0.2) is 5.75 Å². The van der Waals surface area contributed by atoms with E-state index in [0.717, 1.165) is 11.1 Å². The molecule has 1 heterocycles. The summed E-state index contributed by atoms with van der Waals surface area (Å²) in [6, 6.07) is 21.4. The van der Waals surface area contributed by atoms with Gasteiger partial charge in [-0.3, -0.25) is 10.0 Å². The van der Waals surface area contributed by atoms with Gasteiger partial charge in [-0.15, -0.1) is 0 Å². The Morgan fingerprint density at radius 2 is 1.81 bits per heavy atom. The van der Waals surface area contributed by atoms with Crippen molar-refractivity contribution in [2.45, 2.75) is 0 Å². The number of carbonyl (C=O) groups excluding carboxylic acids is 1. The van der Waals surface area contributed by atoms with Crippen LogP contribution in [0.25, 0.3) is 0 Å². The summed E-state index contributed by atoms with van der Waals surface area (Å²) < 4.78 is 6.01. The van der Waals surface area contributed by atoms with Gasteiger partial charge in [0.1, 0.15) is 11.4 Å². The van der Waals surface area contributed by atoms with E-state index in [0.29, 0.717) is 34.0 Å². The molecule has 0 spiro atoms. The fraction of sp³-hybridized carbons (Fsp3) is 0. The monoisotopic (exact) mass is 355 g/mol. The number of aliphatic imine (C=N–C) groups is 1. The summed E-state index contributed by atoms with van der Waals surface area (Å²) >= 11 is 0. The van der Waals surface area contributed by atoms with Crippen LogP contribution in [0, 0.1) is 11.3 Å². The third-order valence-corrected chi connectivity index (χ3v) is 4.21. The zero-order chi connectivity index (χ0) is 18.8. The zero-order valence-corrected chi connectivity index (χ0v) is 14.0. The number of nitriles is 1. The number of fused-ring (bicyclic) bond motifs is 2. The minimum absolute atomic E-state index is 0.332. The molecule has 2 N–H and O–H groups in total. The van der Waals surface area contributed by atoms with Crippen LogP contribution >= 0.6 is 0 Å². The van der Waals surface area contributed by atoms with Crippen molar-refractivity contribution >= 4 is 17.3 Å². The number of ether oxygens (including phenoxy) is 1. The Balaban J connectivity index is 1.88. The summed E-state index contributed by atoms with van der Waals surface area (Å²) in [5.41, 5.74) is 5.32. The van der Waals surface area contributed by atoms with Gasteiger partial charge in [-0.05, 0) is 36.4 Å². The maximum absolute atomic E-state index is 11.5. The highest BCUT2D eigenvalue weighted by atomic mass is 16.5. The maximum atomic E-state index is 11.5. The number of rotatable bonds is 2. The number of para-hydroxylation sites is 1. The highest BCUT2D eigenvalue weighted by molar-refractivity contribution is 6.16. The molecule has 0 saturated carbocycles. The second kappa shape index (κ2) is 6.75. The minimum atomic E-state index is -0.581. The first-order valence-corrected chi connectivity index (χ1v) is 8.14. The Hall–Kier alpha value is -3.95. The van der Waals surface area contributed by atoms with E-state index < -0.39 is 5.91 Å². The van der Waals surface area contributed by atoms with Crippen LogP contribution in [0.2, 0.25) is 0 Å². The van der Waals surface area contributed by atoms with Crippen molar-refractivity contribution in [3.8, 4) is 17.6 Å². The topological polar surface area (TPSA) is 94.7 Å². The van der Waals surface area contributed by atoms with E-state index in [9.17, 15) is 4.79 Å². The largest absolute Gasteiger partial charge is 0.454 e. The molecule has 0 unspecified atom stereocenters. The van der Waals surface area contributed by atoms with E-state index >= 15 is 0 Å². The molecule has 6 heteroatoms. The molecule has 0 bridgehead atoms. The fourth-order valence-electron chi connectivity index (χ4n) is 2.87. The summed E-state index contributed by atoms with van der Waals surface area (Å²) in [5, 5.41) is 17.9. The lowest BCUT2D eigenvalue weighted by molar-refractivity contribution is 0.0706. The van der Waals surface area contributed by atoms with Crippen molar-refractivity contribution < 1.29 is 14.7 Å². The van der Waals surface area contributed by atoms with Crippen molar-refractivity contribution in [1.29, 1.82) is 5.26 Å². The van der Waals surface area contributed by atoms with Crippen LogP contribution in [-0.4, -0.2) is 16.8 Å². The molecule has 6 nitrogen and oxygen atoms in total. The van der Waals surface area contributed by atoms with Gasteiger partial charge in [0.05, 0.1) is 17.3 Å². The Morgan fingerprint density at radius 3 is 2.56 bits per heavy atom. The van der Waals surface area contributed by atoms with E-state index in [1.807, 2.05) is 24.3 Å². The number of nitrogens with one attached hydrogen (secondary N) is 1. The second-order valence-corrected chi connectivity index (χ2v) is 5.87. The molecule has 0 radical (unpaired) electrons. The molecule has 1 aliphatic rings. The van der Waals surface area contributed by atoms with Crippen LogP contribution in [0.5, 0.6) is 11.5 Å². The molecule has 3 aromatic rings. The molecule has 0 fully saturated rings. The molecule has 1 amide bonds. The van der Waals surface area contributed by atoms with E-state index in [-0.39, 0.29) is 0 Å². The van der Waals surface area contributed by atoms with Gasteiger partial charge in [0, 0.05) is 22.8 Å². The van der Waals surface area contributed by atoms with Crippen molar-refractivity contribution in [2.24, 2.45) is 4.99 Å². The number of hydroxylamine groups is 1. The lowest BCUT2D eigenvalue weighted by Gasteiger charge is -2.10. The van der Waals surface area contributed by atoms with Gasteiger partial charge in [-0.2, -0.15) is 5.26 Å². The molecule has 0 aliphatic carbocycles. The lowest BCUT2D eigenvalue weighted by Crippen LogP contribution is -2.18. The molecule has 4 rings (SSSR count). The number of nitrogens with zero attached hydrogens (tertiary/aromatic N) is 2. The molecule has 1 aliphatic heterocycles. The van der Waals surface area contributed by atoms with Crippen LogP contribution in [0.1, 0.15) is 27.0 Å². The van der Waals surface area contributed by atoms with Crippen LogP contribution in [0.15, 0.2) is 71.7 Å². The Kier molecular flexibility index (Phi) is 4.13. The maximum Gasteiger partial charge on any atom is 0.274 e. The van der Waals surface area contributed by atoms with E-state index in [2.05, 4.69) is 6.07 Å². The van der Waals surface area contributed by atoms with E-state index in [1.54, 1.807) is 47.9 Å².